The number of thioether (sulfide) groups is 1. The molecule has 7 nitrogen and oxygen atoms in total. The fraction of sp³-hybridized carbons (Fsp3) is 0.609. The number of aliphatic hydroxyl groups excluding tert-OH is 1. The minimum atomic E-state index is -0.744. The molecule has 0 aromatic heterocycles. The van der Waals surface area contributed by atoms with Gasteiger partial charge in [-0.05, 0) is 39.2 Å². The molecule has 0 aliphatic carbocycles. The first kappa shape index (κ1) is 22.1. The van der Waals surface area contributed by atoms with Gasteiger partial charge in [-0.25, -0.2) is 0 Å². The molecular weight excluding hydrogens is 414 g/mol. The van der Waals surface area contributed by atoms with Crippen LogP contribution in [0.4, 0.5) is 0 Å². The molecule has 3 aliphatic heterocycles. The van der Waals surface area contributed by atoms with Crippen molar-refractivity contribution in [1.29, 1.82) is 0 Å². The van der Waals surface area contributed by atoms with Crippen LogP contribution in [-0.4, -0.2) is 63.0 Å². The zero-order chi connectivity index (χ0) is 22.6. The summed E-state index contributed by atoms with van der Waals surface area (Å²) in [5.74, 6) is -1.59. The number of rotatable bonds is 5. The average Bonchev–Trinajstić information content (AvgIpc) is 3.35. The topological polar surface area (TPSA) is 98.7 Å². The first-order valence-corrected chi connectivity index (χ1v) is 11.7. The molecule has 3 saturated heterocycles. The SMILES string of the molecule is CNC(=O)[C@@H]1[C@H]2C(=O)N([C@H](CO)c3ccccc3)C(C(=O)NC(C)(C)C)C23CC[C@H]1S3. The van der Waals surface area contributed by atoms with E-state index in [1.54, 1.807) is 23.7 Å². The van der Waals surface area contributed by atoms with Crippen LogP contribution in [0.5, 0.6) is 0 Å². The van der Waals surface area contributed by atoms with E-state index >= 15 is 0 Å². The van der Waals surface area contributed by atoms with Crippen molar-refractivity contribution >= 4 is 29.5 Å². The molecule has 0 radical (unpaired) electrons. The van der Waals surface area contributed by atoms with Crippen LogP contribution in [0.15, 0.2) is 30.3 Å². The summed E-state index contributed by atoms with van der Waals surface area (Å²) in [6.45, 7) is 5.44. The third-order valence-electron chi connectivity index (χ3n) is 6.73. The number of nitrogens with zero attached hydrogens (tertiary/aromatic N) is 1. The van der Waals surface area contributed by atoms with Gasteiger partial charge in [-0.3, -0.25) is 14.4 Å². The third kappa shape index (κ3) is 3.44. The first-order valence-electron chi connectivity index (χ1n) is 10.8. The van der Waals surface area contributed by atoms with E-state index in [0.29, 0.717) is 6.42 Å². The summed E-state index contributed by atoms with van der Waals surface area (Å²) in [4.78, 5) is 41.9. The Labute approximate surface area is 187 Å². The average molecular weight is 446 g/mol. The van der Waals surface area contributed by atoms with Crippen molar-refractivity contribution in [1.82, 2.24) is 15.5 Å². The van der Waals surface area contributed by atoms with Gasteiger partial charge in [-0.1, -0.05) is 30.3 Å². The maximum Gasteiger partial charge on any atom is 0.244 e. The Morgan fingerprint density at radius 3 is 2.52 bits per heavy atom. The second-order valence-electron chi connectivity index (χ2n) is 9.76. The van der Waals surface area contributed by atoms with E-state index in [2.05, 4.69) is 10.6 Å². The molecule has 0 saturated carbocycles. The molecule has 8 heteroatoms. The fourth-order valence-electron chi connectivity index (χ4n) is 5.66. The molecule has 2 bridgehead atoms. The second-order valence-corrected chi connectivity index (χ2v) is 11.4. The van der Waals surface area contributed by atoms with Crippen molar-refractivity contribution in [2.45, 2.75) is 61.2 Å². The number of aliphatic hydroxyl groups is 1. The summed E-state index contributed by atoms with van der Waals surface area (Å²) in [5.41, 5.74) is 0.308. The normalized spacial score (nSPS) is 32.7. The van der Waals surface area contributed by atoms with E-state index in [0.717, 1.165) is 12.0 Å². The van der Waals surface area contributed by atoms with Gasteiger partial charge in [0.2, 0.25) is 17.7 Å². The van der Waals surface area contributed by atoms with Crippen molar-refractivity contribution in [3.05, 3.63) is 35.9 Å². The maximum atomic E-state index is 13.9. The lowest BCUT2D eigenvalue weighted by atomic mass is 9.70. The van der Waals surface area contributed by atoms with Crippen molar-refractivity contribution in [3.8, 4) is 0 Å². The molecule has 1 spiro atoms. The predicted octanol–water partition coefficient (Wildman–Crippen LogP) is 1.47. The van der Waals surface area contributed by atoms with Gasteiger partial charge in [0, 0.05) is 17.8 Å². The van der Waals surface area contributed by atoms with Crippen molar-refractivity contribution in [3.63, 3.8) is 0 Å². The monoisotopic (exact) mass is 445 g/mol. The van der Waals surface area contributed by atoms with Crippen molar-refractivity contribution < 1.29 is 19.5 Å². The Morgan fingerprint density at radius 1 is 1.26 bits per heavy atom. The molecule has 1 aromatic rings. The van der Waals surface area contributed by atoms with E-state index in [1.807, 2.05) is 51.1 Å². The Morgan fingerprint density at radius 2 is 1.94 bits per heavy atom. The molecule has 6 atom stereocenters. The Kier molecular flexibility index (Phi) is 5.58. The lowest BCUT2D eigenvalue weighted by Gasteiger charge is -2.38. The van der Waals surface area contributed by atoms with Gasteiger partial charge in [0.05, 0.1) is 29.2 Å². The van der Waals surface area contributed by atoms with Crippen molar-refractivity contribution in [2.75, 3.05) is 13.7 Å². The molecule has 3 fully saturated rings. The summed E-state index contributed by atoms with van der Waals surface area (Å²) < 4.78 is -0.656. The first-order chi connectivity index (χ1) is 14.6. The molecule has 2 unspecified atom stereocenters. The Bertz CT molecular complexity index is 887. The van der Waals surface area contributed by atoms with Crippen LogP contribution in [0, 0.1) is 11.8 Å². The van der Waals surface area contributed by atoms with Crippen molar-refractivity contribution in [2.24, 2.45) is 11.8 Å². The largest absolute Gasteiger partial charge is 0.394 e. The number of hydrogen-bond donors (Lipinski definition) is 3. The van der Waals surface area contributed by atoms with E-state index in [9.17, 15) is 19.5 Å². The predicted molar refractivity (Wildman–Crippen MR) is 119 cm³/mol. The number of nitrogens with one attached hydrogen (secondary N) is 2. The Hall–Kier alpha value is -2.06. The van der Waals surface area contributed by atoms with Gasteiger partial charge in [-0.15, -0.1) is 11.8 Å². The smallest absolute Gasteiger partial charge is 0.244 e. The number of carbonyl (C=O) groups is 3. The van der Waals surface area contributed by atoms with Gasteiger partial charge in [0.15, 0.2) is 0 Å². The molecule has 3 aliphatic rings. The van der Waals surface area contributed by atoms with Gasteiger partial charge >= 0.3 is 0 Å². The number of likely N-dealkylation sites (tertiary alicyclic amines) is 1. The lowest BCUT2D eigenvalue weighted by molar-refractivity contribution is -0.143. The van der Waals surface area contributed by atoms with E-state index < -0.39 is 34.2 Å². The van der Waals surface area contributed by atoms with E-state index in [-0.39, 0.29) is 29.6 Å². The van der Waals surface area contributed by atoms with Crippen LogP contribution in [0.25, 0.3) is 0 Å². The van der Waals surface area contributed by atoms with Gasteiger partial charge < -0.3 is 20.6 Å². The third-order valence-corrected chi connectivity index (χ3v) is 8.68. The Balaban J connectivity index is 1.82. The maximum absolute atomic E-state index is 13.9. The summed E-state index contributed by atoms with van der Waals surface area (Å²) >= 11 is 1.63. The highest BCUT2D eigenvalue weighted by Gasteiger charge is 2.74. The highest BCUT2D eigenvalue weighted by Crippen LogP contribution is 2.67. The molecule has 3 heterocycles. The molecule has 31 heavy (non-hydrogen) atoms. The summed E-state index contributed by atoms with van der Waals surface area (Å²) in [7, 11) is 1.59. The van der Waals surface area contributed by atoms with Gasteiger partial charge in [0.25, 0.3) is 0 Å². The van der Waals surface area contributed by atoms with E-state index in [4.69, 9.17) is 0 Å². The van der Waals surface area contributed by atoms with E-state index in [1.165, 1.54) is 0 Å². The number of amides is 3. The molecule has 3 amide bonds. The van der Waals surface area contributed by atoms with Crippen LogP contribution in [0.2, 0.25) is 0 Å². The van der Waals surface area contributed by atoms with Crippen LogP contribution in [0.3, 0.4) is 0 Å². The zero-order valence-corrected chi connectivity index (χ0v) is 19.2. The van der Waals surface area contributed by atoms with Crippen LogP contribution < -0.4 is 10.6 Å². The highest BCUT2D eigenvalue weighted by molar-refractivity contribution is 8.02. The standard InChI is InChI=1S/C23H31N3O4S/c1-22(2,3)25-20(29)18-23-11-10-15(31-23)16(19(28)24-4)17(23)21(30)26(18)14(12-27)13-8-6-5-7-9-13/h5-9,14-18,27H,10-12H2,1-4H3,(H,24,28)(H,25,29)/t14-,15-,16+,17+,18?,23?/m1/s1. The molecule has 3 N–H and O–H groups in total. The van der Waals surface area contributed by atoms with Gasteiger partial charge in [0.1, 0.15) is 6.04 Å². The van der Waals surface area contributed by atoms with Crippen LogP contribution in [-0.2, 0) is 14.4 Å². The number of fused-ring (bicyclic) bond motifs is 1. The quantitative estimate of drug-likeness (QED) is 0.638. The summed E-state index contributed by atoms with van der Waals surface area (Å²) in [6, 6.07) is 7.92. The molecule has 4 rings (SSSR count). The fourth-order valence-corrected chi connectivity index (χ4v) is 7.87. The van der Waals surface area contributed by atoms with Gasteiger partial charge in [-0.2, -0.15) is 0 Å². The highest BCUT2D eigenvalue weighted by atomic mass is 32.2. The van der Waals surface area contributed by atoms with Crippen LogP contribution in [0.1, 0.15) is 45.2 Å². The molecule has 168 valence electrons. The second kappa shape index (κ2) is 7.81. The van der Waals surface area contributed by atoms with Crippen LogP contribution >= 0.6 is 11.8 Å². The number of benzene rings is 1. The minimum Gasteiger partial charge on any atom is -0.394 e. The summed E-state index contributed by atoms with van der Waals surface area (Å²) in [6.07, 6.45) is 1.51. The summed E-state index contributed by atoms with van der Waals surface area (Å²) in [5, 5.41) is 16.1. The minimum absolute atomic E-state index is 0.0327. The number of hydrogen-bond acceptors (Lipinski definition) is 5. The lowest BCUT2D eigenvalue weighted by Crippen LogP contribution is -2.57. The number of carbonyl (C=O) groups excluding carboxylic acids is 3. The molecular formula is C23H31N3O4S. The zero-order valence-electron chi connectivity index (χ0n) is 18.4. The molecule has 1 aromatic carbocycles.